The molecule has 0 spiro atoms. The third-order valence-corrected chi connectivity index (χ3v) is 4.97. The van der Waals surface area contributed by atoms with E-state index in [0.29, 0.717) is 12.3 Å². The number of phenolic OH excluding ortho intramolecular Hbond substituents is 1. The second-order valence-corrected chi connectivity index (χ2v) is 6.85. The number of hydrogen-bond donors (Lipinski definition) is 2. The molecule has 2 N–H and O–H groups in total. The van der Waals surface area contributed by atoms with Crippen molar-refractivity contribution in [1.29, 1.82) is 0 Å². The lowest BCUT2D eigenvalue weighted by molar-refractivity contribution is 0.147. The number of urea groups is 1. The van der Waals surface area contributed by atoms with Crippen molar-refractivity contribution in [2.45, 2.75) is 44.6 Å². The van der Waals surface area contributed by atoms with Crippen LogP contribution in [0.3, 0.4) is 0 Å². The highest BCUT2D eigenvalue weighted by Gasteiger charge is 2.26. The number of benzene rings is 1. The highest BCUT2D eigenvalue weighted by atomic mass is 16.3. The van der Waals surface area contributed by atoms with Crippen LogP contribution in [-0.4, -0.2) is 40.2 Å². The summed E-state index contributed by atoms with van der Waals surface area (Å²) in [6, 6.07) is 13.5. The number of carbonyl (C=O) groups is 1. The molecule has 1 aromatic carbocycles. The highest BCUT2D eigenvalue weighted by molar-refractivity contribution is 5.74. The number of aryl methyl sites for hydroxylation is 1. The van der Waals surface area contributed by atoms with Crippen molar-refractivity contribution in [3.8, 4) is 5.75 Å². The van der Waals surface area contributed by atoms with E-state index < -0.39 is 0 Å². The van der Waals surface area contributed by atoms with Gasteiger partial charge in [0, 0.05) is 37.4 Å². The summed E-state index contributed by atoms with van der Waals surface area (Å²) in [6.45, 7) is 1.44. The van der Waals surface area contributed by atoms with Gasteiger partial charge in [0.05, 0.1) is 0 Å². The van der Waals surface area contributed by atoms with E-state index in [4.69, 9.17) is 0 Å². The molecule has 1 saturated heterocycles. The Morgan fingerprint density at radius 3 is 2.77 bits per heavy atom. The first-order valence-corrected chi connectivity index (χ1v) is 9.44. The van der Waals surface area contributed by atoms with Gasteiger partial charge in [-0.25, -0.2) is 4.79 Å². The van der Waals surface area contributed by atoms with Gasteiger partial charge in [-0.1, -0.05) is 18.2 Å². The zero-order chi connectivity index (χ0) is 18.2. The van der Waals surface area contributed by atoms with Gasteiger partial charge < -0.3 is 15.3 Å². The zero-order valence-corrected chi connectivity index (χ0v) is 15.1. The van der Waals surface area contributed by atoms with Crippen LogP contribution in [0, 0.1) is 0 Å². The predicted molar refractivity (Wildman–Crippen MR) is 102 cm³/mol. The number of hydrogen-bond acceptors (Lipinski definition) is 3. The number of phenols is 1. The maximum atomic E-state index is 12.6. The molecule has 26 heavy (non-hydrogen) atoms. The average molecular weight is 353 g/mol. The summed E-state index contributed by atoms with van der Waals surface area (Å²) < 4.78 is 0. The number of aromatic nitrogens is 1. The number of nitrogens with zero attached hydrogens (tertiary/aromatic N) is 2. The van der Waals surface area contributed by atoms with E-state index in [1.165, 1.54) is 12.0 Å². The van der Waals surface area contributed by atoms with E-state index in [9.17, 15) is 9.90 Å². The van der Waals surface area contributed by atoms with Crippen LogP contribution >= 0.6 is 0 Å². The lowest BCUT2D eigenvalue weighted by Crippen LogP contribution is -2.49. The average Bonchev–Trinajstić information content (AvgIpc) is 2.68. The van der Waals surface area contributed by atoms with Crippen LogP contribution in [0.4, 0.5) is 4.79 Å². The van der Waals surface area contributed by atoms with Crippen molar-refractivity contribution >= 4 is 6.03 Å². The maximum Gasteiger partial charge on any atom is 0.317 e. The molecule has 1 fully saturated rings. The topological polar surface area (TPSA) is 65.5 Å². The normalized spacial score (nSPS) is 17.1. The van der Waals surface area contributed by atoms with E-state index >= 15 is 0 Å². The van der Waals surface area contributed by atoms with Crippen molar-refractivity contribution in [2.75, 3.05) is 13.1 Å². The Morgan fingerprint density at radius 2 is 2.00 bits per heavy atom. The lowest BCUT2D eigenvalue weighted by atomic mass is 9.96. The Kier molecular flexibility index (Phi) is 6.47. The summed E-state index contributed by atoms with van der Waals surface area (Å²) in [7, 11) is 0. The standard InChI is InChI=1S/C21H27N3O2/c25-20-11-8-17(9-12-20)7-10-19-6-2-4-16-24(19)21(26)23-15-13-18-5-1-3-14-22-18/h1,3,5,8-9,11-12,14,19,25H,2,4,6-7,10,13,15-16H2,(H,23,26)/t19-/m0/s1. The minimum absolute atomic E-state index is 0.0383. The van der Waals surface area contributed by atoms with E-state index in [0.717, 1.165) is 44.3 Å². The molecule has 5 heteroatoms. The van der Waals surface area contributed by atoms with Gasteiger partial charge in [0.1, 0.15) is 5.75 Å². The number of amides is 2. The van der Waals surface area contributed by atoms with Gasteiger partial charge in [-0.05, 0) is 61.9 Å². The highest BCUT2D eigenvalue weighted by Crippen LogP contribution is 2.22. The third kappa shape index (κ3) is 5.22. The summed E-state index contributed by atoms with van der Waals surface area (Å²) >= 11 is 0. The molecule has 3 rings (SSSR count). The van der Waals surface area contributed by atoms with E-state index in [1.54, 1.807) is 18.3 Å². The molecule has 138 valence electrons. The summed E-state index contributed by atoms with van der Waals surface area (Å²) in [4.78, 5) is 18.9. The fourth-order valence-electron chi connectivity index (χ4n) is 3.51. The first-order valence-electron chi connectivity index (χ1n) is 9.44. The van der Waals surface area contributed by atoms with Gasteiger partial charge in [-0.2, -0.15) is 0 Å². The quantitative estimate of drug-likeness (QED) is 0.835. The van der Waals surface area contributed by atoms with Gasteiger partial charge in [-0.3, -0.25) is 4.98 Å². The predicted octanol–water partition coefficient (Wildman–Crippen LogP) is 3.53. The van der Waals surface area contributed by atoms with Crippen LogP contribution in [0.25, 0.3) is 0 Å². The molecular formula is C21H27N3O2. The molecule has 1 atom stereocenters. The van der Waals surface area contributed by atoms with Crippen molar-refractivity contribution in [3.05, 3.63) is 59.9 Å². The van der Waals surface area contributed by atoms with Gasteiger partial charge in [0.15, 0.2) is 0 Å². The molecule has 5 nitrogen and oxygen atoms in total. The number of likely N-dealkylation sites (tertiary alicyclic amines) is 1. The van der Waals surface area contributed by atoms with Crippen LogP contribution in [0.1, 0.15) is 36.9 Å². The number of aromatic hydroxyl groups is 1. The molecule has 0 saturated carbocycles. The molecule has 1 aliphatic rings. The van der Waals surface area contributed by atoms with Crippen LogP contribution in [-0.2, 0) is 12.8 Å². The number of nitrogens with one attached hydrogen (secondary N) is 1. The summed E-state index contributed by atoms with van der Waals surface area (Å²) in [5.41, 5.74) is 2.19. The van der Waals surface area contributed by atoms with Crippen molar-refractivity contribution in [2.24, 2.45) is 0 Å². The van der Waals surface area contributed by atoms with Crippen LogP contribution < -0.4 is 5.32 Å². The second-order valence-electron chi connectivity index (χ2n) is 6.85. The Hall–Kier alpha value is -2.56. The van der Waals surface area contributed by atoms with Crippen molar-refractivity contribution in [1.82, 2.24) is 15.2 Å². The molecule has 2 aromatic rings. The van der Waals surface area contributed by atoms with E-state index in [1.807, 2.05) is 35.2 Å². The molecule has 0 unspecified atom stereocenters. The maximum absolute atomic E-state index is 12.6. The minimum Gasteiger partial charge on any atom is -0.508 e. The molecule has 2 amide bonds. The summed E-state index contributed by atoms with van der Waals surface area (Å²) in [5, 5.41) is 12.4. The fraction of sp³-hybridized carbons (Fsp3) is 0.429. The van der Waals surface area contributed by atoms with Gasteiger partial charge >= 0.3 is 6.03 Å². The molecule has 1 aliphatic heterocycles. The molecule has 0 aliphatic carbocycles. The Labute approximate surface area is 155 Å². The van der Waals surface area contributed by atoms with E-state index in [-0.39, 0.29) is 12.1 Å². The molecule has 0 radical (unpaired) electrons. The molecule has 2 heterocycles. The van der Waals surface area contributed by atoms with E-state index in [2.05, 4.69) is 10.3 Å². The third-order valence-electron chi connectivity index (χ3n) is 4.97. The SMILES string of the molecule is O=C(NCCc1ccccn1)N1CCCC[C@H]1CCc1ccc(O)cc1. The van der Waals surface area contributed by atoms with Gasteiger partial charge in [-0.15, -0.1) is 0 Å². The Balaban J connectivity index is 1.49. The zero-order valence-electron chi connectivity index (χ0n) is 15.1. The first-order chi connectivity index (χ1) is 12.7. The summed E-state index contributed by atoms with van der Waals surface area (Å²) in [5.74, 6) is 0.292. The van der Waals surface area contributed by atoms with Crippen LogP contribution in [0.15, 0.2) is 48.7 Å². The number of piperidine rings is 1. The van der Waals surface area contributed by atoms with Crippen molar-refractivity contribution < 1.29 is 9.90 Å². The molecule has 0 bridgehead atoms. The number of rotatable bonds is 6. The first kappa shape index (κ1) is 18.2. The van der Waals surface area contributed by atoms with Crippen molar-refractivity contribution in [3.63, 3.8) is 0 Å². The number of carbonyl (C=O) groups excluding carboxylic acids is 1. The van der Waals surface area contributed by atoms with Gasteiger partial charge in [0.2, 0.25) is 0 Å². The second kappa shape index (κ2) is 9.22. The van der Waals surface area contributed by atoms with Crippen LogP contribution in [0.2, 0.25) is 0 Å². The largest absolute Gasteiger partial charge is 0.508 e. The van der Waals surface area contributed by atoms with Gasteiger partial charge in [0.25, 0.3) is 0 Å². The molecule has 1 aromatic heterocycles. The number of pyridine rings is 1. The Bertz CT molecular complexity index is 688. The smallest absolute Gasteiger partial charge is 0.317 e. The van der Waals surface area contributed by atoms with Crippen LogP contribution in [0.5, 0.6) is 5.75 Å². The minimum atomic E-state index is 0.0383. The lowest BCUT2D eigenvalue weighted by Gasteiger charge is -2.36. The fourth-order valence-corrected chi connectivity index (χ4v) is 3.51. The molecular weight excluding hydrogens is 326 g/mol. The Morgan fingerprint density at radius 1 is 1.15 bits per heavy atom. The summed E-state index contributed by atoms with van der Waals surface area (Å²) in [6.07, 6.45) is 7.72. The monoisotopic (exact) mass is 353 g/mol.